The van der Waals surface area contributed by atoms with Crippen LogP contribution in [0.5, 0.6) is 5.88 Å². The average Bonchev–Trinajstić information content (AvgIpc) is 3.37. The molecule has 26 heavy (non-hydrogen) atoms. The molecular weight excluding hydrogens is 334 g/mol. The van der Waals surface area contributed by atoms with Crippen molar-refractivity contribution in [1.29, 1.82) is 0 Å². The van der Waals surface area contributed by atoms with Crippen molar-refractivity contribution < 1.29 is 14.1 Å². The Kier molecular flexibility index (Phi) is 4.32. The molecule has 0 radical (unpaired) electrons. The molecule has 0 saturated carbocycles. The van der Waals surface area contributed by atoms with E-state index in [1.165, 1.54) is 7.11 Å². The molecule has 4 heterocycles. The van der Waals surface area contributed by atoms with Crippen molar-refractivity contribution >= 4 is 17.1 Å². The number of hydrogen-bond donors (Lipinski definition) is 1. The molecule has 1 fully saturated rings. The fourth-order valence-electron chi connectivity index (χ4n) is 3.36. The highest BCUT2D eigenvalue weighted by Crippen LogP contribution is 2.28. The number of H-pyrrole nitrogens is 1. The minimum atomic E-state index is 0.131. The van der Waals surface area contributed by atoms with Crippen LogP contribution in [-0.2, 0) is 11.2 Å². The smallest absolute Gasteiger partial charge is 0.254 e. The fraction of sp³-hybridized carbons (Fsp3) is 0.444. The minimum Gasteiger partial charge on any atom is -0.479 e. The van der Waals surface area contributed by atoms with E-state index in [-0.39, 0.29) is 5.91 Å². The number of likely N-dealkylation sites (tertiary alicyclic amines) is 1. The predicted molar refractivity (Wildman–Crippen MR) is 93.9 cm³/mol. The highest BCUT2D eigenvalue weighted by atomic mass is 16.5. The molecule has 1 aliphatic rings. The van der Waals surface area contributed by atoms with Gasteiger partial charge in [0.2, 0.25) is 5.91 Å². The van der Waals surface area contributed by atoms with E-state index in [2.05, 4.69) is 20.1 Å². The normalized spacial score (nSPS) is 17.2. The molecule has 0 aliphatic carbocycles. The second-order valence-electron chi connectivity index (χ2n) is 6.63. The Morgan fingerprint density at radius 2 is 2.35 bits per heavy atom. The summed E-state index contributed by atoms with van der Waals surface area (Å²) in [7, 11) is 1.54. The van der Waals surface area contributed by atoms with Crippen molar-refractivity contribution in [1.82, 2.24) is 25.0 Å². The SMILES string of the molecule is COc1cc(CCC(=O)N2CC[C@H](c3cc4ncc(C)nc4[nH]3)C2)on1. The first-order valence-corrected chi connectivity index (χ1v) is 8.72. The van der Waals surface area contributed by atoms with Gasteiger partial charge in [0.15, 0.2) is 5.65 Å². The van der Waals surface area contributed by atoms with Gasteiger partial charge in [0.05, 0.1) is 12.8 Å². The fourth-order valence-corrected chi connectivity index (χ4v) is 3.36. The quantitative estimate of drug-likeness (QED) is 0.754. The van der Waals surface area contributed by atoms with Crippen LogP contribution in [-0.4, -0.2) is 51.1 Å². The van der Waals surface area contributed by atoms with Crippen LogP contribution < -0.4 is 4.74 Å². The van der Waals surface area contributed by atoms with Crippen LogP contribution in [0.3, 0.4) is 0 Å². The topological polar surface area (TPSA) is 97.1 Å². The summed E-state index contributed by atoms with van der Waals surface area (Å²) in [6, 6.07) is 3.76. The van der Waals surface area contributed by atoms with E-state index in [1.807, 2.05) is 17.9 Å². The molecule has 1 N–H and O–H groups in total. The van der Waals surface area contributed by atoms with Gasteiger partial charge in [-0.3, -0.25) is 9.78 Å². The lowest BCUT2D eigenvalue weighted by Crippen LogP contribution is -2.28. The number of nitrogens with one attached hydrogen (secondary N) is 1. The van der Waals surface area contributed by atoms with E-state index >= 15 is 0 Å². The molecule has 4 rings (SSSR count). The molecule has 0 bridgehead atoms. The highest BCUT2D eigenvalue weighted by Gasteiger charge is 2.28. The lowest BCUT2D eigenvalue weighted by molar-refractivity contribution is -0.130. The first kappa shape index (κ1) is 16.6. The molecule has 136 valence electrons. The molecule has 1 atom stereocenters. The molecule has 0 spiro atoms. The van der Waals surface area contributed by atoms with Gasteiger partial charge in [-0.2, -0.15) is 0 Å². The van der Waals surface area contributed by atoms with Gasteiger partial charge in [-0.25, -0.2) is 4.98 Å². The largest absolute Gasteiger partial charge is 0.479 e. The Hall–Kier alpha value is -2.90. The molecule has 1 aliphatic heterocycles. The summed E-state index contributed by atoms with van der Waals surface area (Å²) in [6.45, 7) is 3.40. The second-order valence-corrected chi connectivity index (χ2v) is 6.63. The zero-order valence-corrected chi connectivity index (χ0v) is 14.9. The Morgan fingerprint density at radius 1 is 1.46 bits per heavy atom. The number of ether oxygens (including phenoxy) is 1. The van der Waals surface area contributed by atoms with Crippen LogP contribution in [0.25, 0.3) is 11.2 Å². The number of aryl methyl sites for hydroxylation is 2. The molecule has 3 aromatic rings. The number of carbonyl (C=O) groups excluding carboxylic acids is 1. The number of carbonyl (C=O) groups is 1. The number of aromatic nitrogens is 4. The van der Waals surface area contributed by atoms with Crippen LogP contribution in [0.1, 0.15) is 35.9 Å². The lowest BCUT2D eigenvalue weighted by atomic mass is 10.1. The van der Waals surface area contributed by atoms with Gasteiger partial charge in [-0.05, 0) is 24.6 Å². The van der Waals surface area contributed by atoms with Gasteiger partial charge in [-0.15, -0.1) is 0 Å². The first-order valence-electron chi connectivity index (χ1n) is 8.72. The molecular formula is C18H21N5O3. The average molecular weight is 355 g/mol. The van der Waals surface area contributed by atoms with Crippen LogP contribution in [0, 0.1) is 6.92 Å². The summed E-state index contributed by atoms with van der Waals surface area (Å²) in [5.74, 6) is 1.52. The summed E-state index contributed by atoms with van der Waals surface area (Å²) in [5.41, 5.74) is 3.66. The number of methoxy groups -OCH3 is 1. The number of nitrogens with zero attached hydrogens (tertiary/aromatic N) is 4. The molecule has 8 heteroatoms. The first-order chi connectivity index (χ1) is 12.6. The van der Waals surface area contributed by atoms with Crippen LogP contribution in [0.4, 0.5) is 0 Å². The maximum absolute atomic E-state index is 12.5. The van der Waals surface area contributed by atoms with Crippen molar-refractivity contribution in [3.63, 3.8) is 0 Å². The number of amides is 1. The van der Waals surface area contributed by atoms with Crippen molar-refractivity contribution in [3.05, 3.63) is 35.5 Å². The zero-order chi connectivity index (χ0) is 18.1. The van der Waals surface area contributed by atoms with Crippen molar-refractivity contribution in [2.45, 2.75) is 32.1 Å². The number of aromatic amines is 1. The lowest BCUT2D eigenvalue weighted by Gasteiger charge is -2.15. The summed E-state index contributed by atoms with van der Waals surface area (Å²) in [4.78, 5) is 26.6. The zero-order valence-electron chi connectivity index (χ0n) is 14.9. The van der Waals surface area contributed by atoms with Crippen LogP contribution in [0.2, 0.25) is 0 Å². The standard InChI is InChI=1S/C18H21N5O3/c1-11-9-19-15-8-14(21-18(15)20-11)12-5-6-23(10-12)17(24)4-3-13-7-16(25-2)22-26-13/h7-9,12H,3-6,10H2,1-2H3,(H,20,21)/t12-/m0/s1. The predicted octanol–water partition coefficient (Wildman–Crippen LogP) is 2.21. The molecule has 3 aromatic heterocycles. The minimum absolute atomic E-state index is 0.131. The number of rotatable bonds is 5. The third-order valence-corrected chi connectivity index (χ3v) is 4.79. The summed E-state index contributed by atoms with van der Waals surface area (Å²) >= 11 is 0. The number of hydrogen-bond acceptors (Lipinski definition) is 6. The van der Waals surface area contributed by atoms with Gasteiger partial charge >= 0.3 is 0 Å². The van der Waals surface area contributed by atoms with E-state index in [0.29, 0.717) is 36.9 Å². The van der Waals surface area contributed by atoms with Crippen molar-refractivity contribution in [2.24, 2.45) is 0 Å². The third-order valence-electron chi connectivity index (χ3n) is 4.79. The van der Waals surface area contributed by atoms with Crippen molar-refractivity contribution in [2.75, 3.05) is 20.2 Å². The van der Waals surface area contributed by atoms with E-state index in [9.17, 15) is 4.79 Å². The second kappa shape index (κ2) is 6.78. The van der Waals surface area contributed by atoms with Gasteiger partial charge < -0.3 is 19.1 Å². The van der Waals surface area contributed by atoms with Gasteiger partial charge in [-0.1, -0.05) is 0 Å². The summed E-state index contributed by atoms with van der Waals surface area (Å²) in [5, 5.41) is 3.75. The van der Waals surface area contributed by atoms with Crippen LogP contribution in [0.15, 0.2) is 22.9 Å². The van der Waals surface area contributed by atoms with E-state index in [1.54, 1.807) is 12.3 Å². The van der Waals surface area contributed by atoms with E-state index in [4.69, 9.17) is 9.26 Å². The molecule has 8 nitrogen and oxygen atoms in total. The van der Waals surface area contributed by atoms with Crippen LogP contribution >= 0.6 is 0 Å². The van der Waals surface area contributed by atoms with Crippen molar-refractivity contribution in [3.8, 4) is 5.88 Å². The van der Waals surface area contributed by atoms with E-state index in [0.717, 1.165) is 35.5 Å². The van der Waals surface area contributed by atoms with Gasteiger partial charge in [0.25, 0.3) is 5.88 Å². The van der Waals surface area contributed by atoms with Gasteiger partial charge in [0.1, 0.15) is 11.3 Å². The Balaban J connectivity index is 1.36. The van der Waals surface area contributed by atoms with Gasteiger partial charge in [0, 0.05) is 49.8 Å². The summed E-state index contributed by atoms with van der Waals surface area (Å²) in [6.07, 6.45) is 3.63. The maximum Gasteiger partial charge on any atom is 0.254 e. The molecule has 0 unspecified atom stereocenters. The van der Waals surface area contributed by atoms with E-state index < -0.39 is 0 Å². The molecule has 1 amide bonds. The Bertz CT molecular complexity index is 932. The third kappa shape index (κ3) is 3.26. The Morgan fingerprint density at radius 3 is 3.15 bits per heavy atom. The Labute approximate surface area is 150 Å². The maximum atomic E-state index is 12.5. The monoisotopic (exact) mass is 355 g/mol. The molecule has 1 saturated heterocycles. The molecule has 0 aromatic carbocycles. The highest BCUT2D eigenvalue weighted by molar-refractivity contribution is 5.77. The summed E-state index contributed by atoms with van der Waals surface area (Å²) < 4.78 is 10.1. The number of fused-ring (bicyclic) bond motifs is 1.